The Bertz CT molecular complexity index is 1380. The van der Waals surface area contributed by atoms with Gasteiger partial charge in [-0.1, -0.05) is 48.5 Å². The summed E-state index contributed by atoms with van der Waals surface area (Å²) < 4.78 is 5.90. The standard InChI is InChI=1S/C28H25N3O5/c1-17-13-14-20(36-17)24-22-23(26(34)30(25(22)33)19-11-7-4-8-12-19)28(2)27(35)29(16-21(32)31(24)28)15-18-9-5-3-6-10-18/h3-14,22-24H,15-16H2,1-2H3/t22-,23-,24-,28-/m1/s1. The van der Waals surface area contributed by atoms with Gasteiger partial charge in [0.25, 0.3) is 0 Å². The van der Waals surface area contributed by atoms with Crippen molar-refractivity contribution in [2.45, 2.75) is 32.0 Å². The minimum absolute atomic E-state index is 0.135. The van der Waals surface area contributed by atoms with Crippen LogP contribution in [-0.4, -0.2) is 45.5 Å². The molecule has 182 valence electrons. The molecule has 6 rings (SSSR count). The Morgan fingerprint density at radius 1 is 0.889 bits per heavy atom. The van der Waals surface area contributed by atoms with Crippen molar-refractivity contribution in [3.8, 4) is 0 Å². The van der Waals surface area contributed by atoms with Gasteiger partial charge < -0.3 is 14.2 Å². The monoisotopic (exact) mass is 483 g/mol. The van der Waals surface area contributed by atoms with Crippen molar-refractivity contribution in [3.63, 3.8) is 0 Å². The van der Waals surface area contributed by atoms with Crippen LogP contribution >= 0.6 is 0 Å². The van der Waals surface area contributed by atoms with Gasteiger partial charge in [-0.2, -0.15) is 0 Å². The number of carbonyl (C=O) groups excluding carboxylic acids is 4. The first-order chi connectivity index (χ1) is 17.3. The van der Waals surface area contributed by atoms with Gasteiger partial charge in [0.15, 0.2) is 0 Å². The molecule has 0 bridgehead atoms. The molecule has 8 heteroatoms. The van der Waals surface area contributed by atoms with Gasteiger partial charge in [0.1, 0.15) is 29.6 Å². The SMILES string of the molecule is Cc1ccc([C@@H]2[C@@H]3C(=O)N(c4ccccc4)C(=O)[C@@H]3[C@]3(C)C(=O)N(Cc4ccccc4)CC(=O)N23)o1. The summed E-state index contributed by atoms with van der Waals surface area (Å²) in [5.41, 5.74) is -0.207. The van der Waals surface area contributed by atoms with Crippen molar-refractivity contribution in [2.24, 2.45) is 11.8 Å². The van der Waals surface area contributed by atoms with Crippen LogP contribution in [0.1, 0.15) is 30.0 Å². The zero-order chi connectivity index (χ0) is 25.2. The van der Waals surface area contributed by atoms with Crippen LogP contribution in [0.5, 0.6) is 0 Å². The molecule has 1 aromatic heterocycles. The van der Waals surface area contributed by atoms with Crippen LogP contribution in [0.2, 0.25) is 0 Å². The zero-order valence-corrected chi connectivity index (χ0v) is 20.0. The molecule has 3 saturated heterocycles. The number of hydrogen-bond acceptors (Lipinski definition) is 5. The van der Waals surface area contributed by atoms with E-state index in [0.717, 1.165) is 10.5 Å². The number of carbonyl (C=O) groups is 4. The summed E-state index contributed by atoms with van der Waals surface area (Å²) in [5.74, 6) is -2.50. The molecule has 4 amide bonds. The Balaban J connectivity index is 1.48. The first-order valence-electron chi connectivity index (χ1n) is 12.0. The molecule has 3 fully saturated rings. The van der Waals surface area contributed by atoms with E-state index in [4.69, 9.17) is 4.42 Å². The van der Waals surface area contributed by atoms with Crippen LogP contribution in [0.15, 0.2) is 77.2 Å². The molecule has 3 aromatic rings. The van der Waals surface area contributed by atoms with Crippen LogP contribution in [0.25, 0.3) is 0 Å². The maximum absolute atomic E-state index is 14.1. The molecule has 0 N–H and O–H groups in total. The predicted molar refractivity (Wildman–Crippen MR) is 129 cm³/mol. The summed E-state index contributed by atoms with van der Waals surface area (Å²) in [6.07, 6.45) is 0. The van der Waals surface area contributed by atoms with Gasteiger partial charge in [-0.3, -0.25) is 19.2 Å². The molecule has 0 aliphatic carbocycles. The highest BCUT2D eigenvalue weighted by molar-refractivity contribution is 6.25. The number of amides is 4. The van der Waals surface area contributed by atoms with Crippen molar-refractivity contribution in [1.82, 2.24) is 9.80 Å². The molecule has 4 atom stereocenters. The number of anilines is 1. The second-order valence-electron chi connectivity index (χ2n) is 9.80. The largest absolute Gasteiger partial charge is 0.464 e. The normalized spacial score (nSPS) is 27.6. The highest BCUT2D eigenvalue weighted by Gasteiger charge is 2.73. The fourth-order valence-electron chi connectivity index (χ4n) is 6.16. The molecule has 0 spiro atoms. The van der Waals surface area contributed by atoms with Gasteiger partial charge >= 0.3 is 0 Å². The summed E-state index contributed by atoms with van der Waals surface area (Å²) in [7, 11) is 0. The van der Waals surface area contributed by atoms with Crippen LogP contribution in [0.4, 0.5) is 5.69 Å². The number of benzene rings is 2. The smallest absolute Gasteiger partial charge is 0.249 e. The summed E-state index contributed by atoms with van der Waals surface area (Å²) >= 11 is 0. The summed E-state index contributed by atoms with van der Waals surface area (Å²) in [6, 6.07) is 20.7. The van der Waals surface area contributed by atoms with Crippen LogP contribution in [0.3, 0.4) is 0 Å². The Hall–Kier alpha value is -4.20. The van der Waals surface area contributed by atoms with E-state index in [1.165, 1.54) is 9.80 Å². The van der Waals surface area contributed by atoms with Crippen molar-refractivity contribution >= 4 is 29.3 Å². The second-order valence-corrected chi connectivity index (χ2v) is 9.80. The Labute approximate surface area is 208 Å². The van der Waals surface area contributed by atoms with Crippen molar-refractivity contribution < 1.29 is 23.6 Å². The van der Waals surface area contributed by atoms with E-state index in [-0.39, 0.29) is 24.9 Å². The number of hydrogen-bond donors (Lipinski definition) is 0. The maximum atomic E-state index is 14.1. The van der Waals surface area contributed by atoms with Gasteiger partial charge in [0.05, 0.1) is 17.5 Å². The first-order valence-corrected chi connectivity index (χ1v) is 12.0. The predicted octanol–water partition coefficient (Wildman–Crippen LogP) is 3.08. The lowest BCUT2D eigenvalue weighted by Crippen LogP contribution is -2.67. The zero-order valence-electron chi connectivity index (χ0n) is 20.0. The number of piperazine rings is 1. The minimum atomic E-state index is -1.53. The van der Waals surface area contributed by atoms with Crippen molar-refractivity contribution in [1.29, 1.82) is 0 Å². The molecule has 3 aliphatic rings. The van der Waals surface area contributed by atoms with E-state index in [9.17, 15) is 19.2 Å². The maximum Gasteiger partial charge on any atom is 0.249 e. The van der Waals surface area contributed by atoms with Crippen LogP contribution < -0.4 is 4.90 Å². The molecule has 0 radical (unpaired) electrons. The molecule has 8 nitrogen and oxygen atoms in total. The number of imide groups is 1. The van der Waals surface area contributed by atoms with E-state index >= 15 is 0 Å². The number of nitrogens with zero attached hydrogens (tertiary/aromatic N) is 3. The molecular weight excluding hydrogens is 458 g/mol. The minimum Gasteiger partial charge on any atom is -0.464 e. The van der Waals surface area contributed by atoms with E-state index in [1.54, 1.807) is 56.3 Å². The summed E-state index contributed by atoms with van der Waals surface area (Å²) in [5, 5.41) is 0. The lowest BCUT2D eigenvalue weighted by molar-refractivity contribution is -0.167. The summed E-state index contributed by atoms with van der Waals surface area (Å²) in [6.45, 7) is 3.50. The van der Waals surface area contributed by atoms with Crippen LogP contribution in [-0.2, 0) is 25.7 Å². The van der Waals surface area contributed by atoms with Gasteiger partial charge in [0, 0.05) is 6.54 Å². The third-order valence-electron chi connectivity index (χ3n) is 7.67. The van der Waals surface area contributed by atoms with E-state index in [0.29, 0.717) is 17.2 Å². The summed E-state index contributed by atoms with van der Waals surface area (Å²) in [4.78, 5) is 59.7. The number of aryl methyl sites for hydroxylation is 1. The molecule has 0 unspecified atom stereocenters. The fraction of sp³-hybridized carbons (Fsp3) is 0.286. The Kier molecular flexibility index (Phi) is 4.90. The number of fused-ring (bicyclic) bond motifs is 3. The number of para-hydroxylation sites is 1. The Morgan fingerprint density at radius 3 is 2.19 bits per heavy atom. The molecule has 36 heavy (non-hydrogen) atoms. The number of furan rings is 1. The topological polar surface area (TPSA) is 91.1 Å². The molecule has 2 aromatic carbocycles. The van der Waals surface area contributed by atoms with Gasteiger partial charge in [-0.15, -0.1) is 0 Å². The molecule has 0 saturated carbocycles. The quantitative estimate of drug-likeness (QED) is 0.532. The van der Waals surface area contributed by atoms with Crippen LogP contribution in [0, 0.1) is 18.8 Å². The van der Waals surface area contributed by atoms with Gasteiger partial charge in [-0.25, -0.2) is 4.90 Å². The third-order valence-corrected chi connectivity index (χ3v) is 7.67. The Morgan fingerprint density at radius 2 is 1.56 bits per heavy atom. The van der Waals surface area contributed by atoms with Crippen molar-refractivity contribution in [3.05, 3.63) is 89.9 Å². The highest BCUT2D eigenvalue weighted by Crippen LogP contribution is 2.57. The lowest BCUT2D eigenvalue weighted by Gasteiger charge is -2.46. The first kappa shape index (κ1) is 22.3. The van der Waals surface area contributed by atoms with E-state index < -0.39 is 35.2 Å². The van der Waals surface area contributed by atoms with Gasteiger partial charge in [0.2, 0.25) is 23.6 Å². The molecule has 4 heterocycles. The molecule has 3 aliphatic heterocycles. The highest BCUT2D eigenvalue weighted by atomic mass is 16.3. The van der Waals surface area contributed by atoms with E-state index in [1.807, 2.05) is 30.3 Å². The third kappa shape index (κ3) is 3.00. The lowest BCUT2D eigenvalue weighted by atomic mass is 9.79. The second kappa shape index (κ2) is 7.91. The van der Waals surface area contributed by atoms with Gasteiger partial charge in [-0.05, 0) is 43.7 Å². The number of rotatable bonds is 4. The van der Waals surface area contributed by atoms with E-state index in [2.05, 4.69) is 0 Å². The average Bonchev–Trinajstić information content (AvgIpc) is 3.50. The average molecular weight is 484 g/mol. The molecular formula is C28H25N3O5. The fourth-order valence-corrected chi connectivity index (χ4v) is 6.16. The van der Waals surface area contributed by atoms with Crippen molar-refractivity contribution in [2.75, 3.05) is 11.4 Å².